The number of rotatable bonds is 4. The van der Waals surface area contributed by atoms with E-state index in [9.17, 15) is 13.5 Å². The molecule has 1 aromatic carbocycles. The topological polar surface area (TPSA) is 90.2 Å². The van der Waals surface area contributed by atoms with Gasteiger partial charge in [0.15, 0.2) is 0 Å². The van der Waals surface area contributed by atoms with E-state index >= 15 is 0 Å². The Balaban J connectivity index is 3.30. The third kappa shape index (κ3) is 3.67. The highest BCUT2D eigenvalue weighted by Crippen LogP contribution is 2.22. The van der Waals surface area contributed by atoms with Gasteiger partial charge in [0.25, 0.3) is 0 Å². The van der Waals surface area contributed by atoms with Crippen LogP contribution in [0.15, 0.2) is 23.1 Å². The fourth-order valence-electron chi connectivity index (χ4n) is 1.30. The van der Waals surface area contributed by atoms with Gasteiger partial charge >= 0.3 is 0 Å². The second-order valence-corrected chi connectivity index (χ2v) is 6.84. The number of hydrogen-bond acceptors (Lipinski definition) is 4. The van der Waals surface area contributed by atoms with Crippen LogP contribution in [0, 0.1) is 11.3 Å². The maximum absolute atomic E-state index is 12.3. The number of nitriles is 1. The second-order valence-electron chi connectivity index (χ2n) is 4.76. The molecule has 0 aliphatic heterocycles. The molecule has 1 rings (SSSR count). The molecular weight excluding hydrogens is 288 g/mol. The number of nitrogens with one attached hydrogen (secondary N) is 1. The van der Waals surface area contributed by atoms with Crippen molar-refractivity contribution in [2.45, 2.75) is 37.3 Å². The maximum Gasteiger partial charge on any atom is 0.242 e. The lowest BCUT2D eigenvalue weighted by Crippen LogP contribution is -2.50. The maximum atomic E-state index is 12.3. The molecule has 0 heterocycles. The third-order valence-corrected chi connectivity index (χ3v) is 4.74. The van der Waals surface area contributed by atoms with Gasteiger partial charge in [0.2, 0.25) is 10.0 Å². The van der Waals surface area contributed by atoms with Crippen molar-refractivity contribution < 1.29 is 13.5 Å². The molecule has 1 unspecified atom stereocenters. The van der Waals surface area contributed by atoms with Gasteiger partial charge in [-0.05, 0) is 39.0 Å². The van der Waals surface area contributed by atoms with Crippen LogP contribution in [-0.2, 0) is 10.0 Å². The lowest BCUT2D eigenvalue weighted by molar-refractivity contribution is 0.111. The molecule has 0 radical (unpaired) electrons. The smallest absolute Gasteiger partial charge is 0.242 e. The largest absolute Gasteiger partial charge is 0.391 e. The molecule has 0 aliphatic rings. The summed E-state index contributed by atoms with van der Waals surface area (Å²) in [6, 6.07) is 5.80. The molecule has 0 aliphatic carbocycles. The summed E-state index contributed by atoms with van der Waals surface area (Å²) in [5.41, 5.74) is -1.06. The molecule has 0 spiro atoms. The summed E-state index contributed by atoms with van der Waals surface area (Å²) in [7, 11) is -3.95. The fourth-order valence-corrected chi connectivity index (χ4v) is 3.19. The summed E-state index contributed by atoms with van der Waals surface area (Å²) >= 11 is 5.76. The van der Waals surface area contributed by atoms with Crippen molar-refractivity contribution in [2.75, 3.05) is 0 Å². The van der Waals surface area contributed by atoms with E-state index in [1.54, 1.807) is 19.9 Å². The van der Waals surface area contributed by atoms with E-state index in [0.717, 1.165) is 0 Å². The Morgan fingerprint density at radius 3 is 2.53 bits per heavy atom. The molecule has 19 heavy (non-hydrogen) atoms. The molecule has 0 bridgehead atoms. The van der Waals surface area contributed by atoms with Crippen LogP contribution in [0.25, 0.3) is 0 Å². The quantitative estimate of drug-likeness (QED) is 0.885. The number of hydrogen-bond donors (Lipinski definition) is 2. The van der Waals surface area contributed by atoms with Crippen molar-refractivity contribution >= 4 is 21.6 Å². The first kappa shape index (κ1) is 15.9. The Kier molecular flexibility index (Phi) is 4.59. The van der Waals surface area contributed by atoms with Crippen LogP contribution in [0.2, 0.25) is 5.02 Å². The van der Waals surface area contributed by atoms with E-state index in [0.29, 0.717) is 0 Å². The standard InChI is InChI=1S/C12H15ClN2O3S/c1-8(16)12(2,3)15-19(17,18)11-6-10(13)5-4-9(11)7-14/h4-6,8,15-16H,1-3H3. The summed E-state index contributed by atoms with van der Waals surface area (Å²) in [4.78, 5) is -0.198. The Morgan fingerprint density at radius 1 is 1.47 bits per heavy atom. The minimum absolute atomic E-state index is 0.00158. The molecule has 0 saturated carbocycles. The lowest BCUT2D eigenvalue weighted by Gasteiger charge is -2.29. The van der Waals surface area contributed by atoms with Crippen LogP contribution < -0.4 is 4.72 Å². The van der Waals surface area contributed by atoms with Gasteiger partial charge in [-0.25, -0.2) is 13.1 Å². The molecule has 5 nitrogen and oxygen atoms in total. The van der Waals surface area contributed by atoms with Gasteiger partial charge in [0.05, 0.1) is 17.2 Å². The van der Waals surface area contributed by atoms with E-state index in [4.69, 9.17) is 16.9 Å². The van der Waals surface area contributed by atoms with Gasteiger partial charge < -0.3 is 5.11 Å². The zero-order chi connectivity index (χ0) is 14.8. The monoisotopic (exact) mass is 302 g/mol. The summed E-state index contributed by atoms with van der Waals surface area (Å²) in [6.45, 7) is 4.57. The molecular formula is C12H15ClN2O3S. The number of aliphatic hydroxyl groups is 1. The second kappa shape index (κ2) is 5.47. The number of sulfonamides is 1. The Hall–Kier alpha value is -1.13. The van der Waals surface area contributed by atoms with Crippen molar-refractivity contribution in [3.63, 3.8) is 0 Å². The summed E-state index contributed by atoms with van der Waals surface area (Å²) in [5.74, 6) is 0. The number of halogens is 1. The normalized spacial score (nSPS) is 13.9. The van der Waals surface area contributed by atoms with Crippen molar-refractivity contribution in [1.82, 2.24) is 4.72 Å². The first-order valence-electron chi connectivity index (χ1n) is 5.52. The lowest BCUT2D eigenvalue weighted by atomic mass is 10.0. The highest BCUT2D eigenvalue weighted by atomic mass is 35.5. The molecule has 2 N–H and O–H groups in total. The van der Waals surface area contributed by atoms with Crippen LogP contribution in [-0.4, -0.2) is 25.2 Å². The highest BCUT2D eigenvalue weighted by Gasteiger charge is 2.31. The molecule has 104 valence electrons. The van der Waals surface area contributed by atoms with E-state index < -0.39 is 21.7 Å². The van der Waals surface area contributed by atoms with Gasteiger partial charge in [0, 0.05) is 5.02 Å². The van der Waals surface area contributed by atoms with E-state index in [-0.39, 0.29) is 15.5 Å². The zero-order valence-electron chi connectivity index (χ0n) is 10.8. The van der Waals surface area contributed by atoms with Crippen molar-refractivity contribution in [3.05, 3.63) is 28.8 Å². The van der Waals surface area contributed by atoms with Crippen molar-refractivity contribution in [3.8, 4) is 6.07 Å². The summed E-state index contributed by atoms with van der Waals surface area (Å²) in [6.07, 6.45) is -0.896. The summed E-state index contributed by atoms with van der Waals surface area (Å²) < 4.78 is 26.9. The van der Waals surface area contributed by atoms with Crippen LogP contribution >= 0.6 is 11.6 Å². The molecule has 1 atom stereocenters. The molecule has 1 aromatic rings. The SMILES string of the molecule is CC(O)C(C)(C)NS(=O)(=O)c1cc(Cl)ccc1C#N. The van der Waals surface area contributed by atoms with Gasteiger partial charge in [0.1, 0.15) is 11.0 Å². The minimum Gasteiger partial charge on any atom is -0.391 e. The fraction of sp³-hybridized carbons (Fsp3) is 0.417. The Bertz CT molecular complexity index is 618. The first-order valence-corrected chi connectivity index (χ1v) is 7.38. The van der Waals surface area contributed by atoms with E-state index in [2.05, 4.69) is 4.72 Å². The van der Waals surface area contributed by atoms with Crippen LogP contribution in [0.1, 0.15) is 26.3 Å². The van der Waals surface area contributed by atoms with E-state index in [1.165, 1.54) is 25.1 Å². The average molecular weight is 303 g/mol. The van der Waals surface area contributed by atoms with Gasteiger partial charge in [-0.3, -0.25) is 0 Å². The first-order chi connectivity index (χ1) is 8.60. The van der Waals surface area contributed by atoms with Gasteiger partial charge in [-0.15, -0.1) is 0 Å². The van der Waals surface area contributed by atoms with Crippen molar-refractivity contribution in [2.24, 2.45) is 0 Å². The predicted molar refractivity (Wildman–Crippen MR) is 72.2 cm³/mol. The molecule has 0 saturated heterocycles. The van der Waals surface area contributed by atoms with Crippen LogP contribution in [0.5, 0.6) is 0 Å². The predicted octanol–water partition coefficient (Wildman–Crippen LogP) is 1.65. The summed E-state index contributed by atoms with van der Waals surface area (Å²) in [5, 5.41) is 18.7. The van der Waals surface area contributed by atoms with Gasteiger partial charge in [-0.2, -0.15) is 5.26 Å². The van der Waals surface area contributed by atoms with Crippen molar-refractivity contribution in [1.29, 1.82) is 5.26 Å². The highest BCUT2D eigenvalue weighted by molar-refractivity contribution is 7.89. The molecule has 0 fully saturated rings. The molecule has 7 heteroatoms. The number of benzene rings is 1. The number of nitrogens with zero attached hydrogens (tertiary/aromatic N) is 1. The van der Waals surface area contributed by atoms with Gasteiger partial charge in [-0.1, -0.05) is 11.6 Å². The Morgan fingerprint density at radius 2 is 2.05 bits per heavy atom. The Labute approximate surface area is 117 Å². The molecule has 0 amide bonds. The minimum atomic E-state index is -3.95. The van der Waals surface area contributed by atoms with E-state index in [1.807, 2.05) is 0 Å². The van der Waals surface area contributed by atoms with Crippen LogP contribution in [0.3, 0.4) is 0 Å². The number of aliphatic hydroxyl groups excluding tert-OH is 1. The molecule has 0 aromatic heterocycles. The average Bonchev–Trinajstić information content (AvgIpc) is 2.27. The zero-order valence-corrected chi connectivity index (χ0v) is 12.4. The third-order valence-electron chi connectivity index (χ3n) is 2.80. The van der Waals surface area contributed by atoms with Crippen LogP contribution in [0.4, 0.5) is 0 Å².